The molecule has 0 radical (unpaired) electrons. The van der Waals surface area contributed by atoms with Gasteiger partial charge in [0.05, 0.1) is 17.4 Å². The van der Waals surface area contributed by atoms with E-state index in [9.17, 15) is 9.59 Å². The van der Waals surface area contributed by atoms with E-state index in [0.717, 1.165) is 19.3 Å². The van der Waals surface area contributed by atoms with Crippen LogP contribution in [0.3, 0.4) is 0 Å². The lowest BCUT2D eigenvalue weighted by molar-refractivity contribution is -0.143. The SMILES string of the molecule is NCC1(C(=O)NC2(CC(=O)O)CCC2)CCOCC1. The molecule has 19 heavy (non-hydrogen) atoms. The number of hydrogen-bond acceptors (Lipinski definition) is 4. The maximum absolute atomic E-state index is 12.5. The zero-order valence-electron chi connectivity index (χ0n) is 11.1. The first-order chi connectivity index (χ1) is 9.02. The second-order valence-electron chi connectivity index (χ2n) is 5.76. The third-order valence-electron chi connectivity index (χ3n) is 4.50. The predicted molar refractivity (Wildman–Crippen MR) is 68.5 cm³/mol. The van der Waals surface area contributed by atoms with Crippen molar-refractivity contribution in [2.24, 2.45) is 11.1 Å². The molecule has 0 aromatic carbocycles. The standard InChI is InChI=1S/C13H22N2O4/c14-9-12(4-6-19-7-5-12)11(18)15-13(2-1-3-13)8-10(16)17/h1-9,14H2,(H,15,18)(H,16,17). The van der Waals surface area contributed by atoms with Crippen LogP contribution in [-0.4, -0.2) is 42.3 Å². The number of carbonyl (C=O) groups is 2. The molecule has 4 N–H and O–H groups in total. The molecular weight excluding hydrogens is 248 g/mol. The first-order valence-corrected chi connectivity index (χ1v) is 6.84. The van der Waals surface area contributed by atoms with Crippen molar-refractivity contribution < 1.29 is 19.4 Å². The van der Waals surface area contributed by atoms with Crippen molar-refractivity contribution in [3.8, 4) is 0 Å². The highest BCUT2D eigenvalue weighted by atomic mass is 16.5. The van der Waals surface area contributed by atoms with Gasteiger partial charge >= 0.3 is 5.97 Å². The van der Waals surface area contributed by atoms with Crippen LogP contribution in [0.5, 0.6) is 0 Å². The highest BCUT2D eigenvalue weighted by molar-refractivity contribution is 5.84. The average Bonchev–Trinajstić information content (AvgIpc) is 2.36. The van der Waals surface area contributed by atoms with Crippen LogP contribution in [0.15, 0.2) is 0 Å². The summed E-state index contributed by atoms with van der Waals surface area (Å²) in [7, 11) is 0. The van der Waals surface area contributed by atoms with Gasteiger partial charge in [0, 0.05) is 19.8 Å². The van der Waals surface area contributed by atoms with Crippen molar-refractivity contribution in [3.05, 3.63) is 0 Å². The summed E-state index contributed by atoms with van der Waals surface area (Å²) < 4.78 is 5.28. The quantitative estimate of drug-likeness (QED) is 0.665. The van der Waals surface area contributed by atoms with E-state index in [1.807, 2.05) is 0 Å². The molecule has 1 saturated heterocycles. The fourth-order valence-corrected chi connectivity index (χ4v) is 2.90. The number of rotatable bonds is 5. The number of ether oxygens (including phenoxy) is 1. The van der Waals surface area contributed by atoms with Crippen LogP contribution >= 0.6 is 0 Å². The fraction of sp³-hybridized carbons (Fsp3) is 0.846. The molecule has 1 aliphatic heterocycles. The van der Waals surface area contributed by atoms with E-state index in [4.69, 9.17) is 15.6 Å². The minimum absolute atomic E-state index is 0.00408. The minimum Gasteiger partial charge on any atom is -0.481 e. The van der Waals surface area contributed by atoms with Gasteiger partial charge < -0.3 is 20.9 Å². The van der Waals surface area contributed by atoms with Crippen LogP contribution < -0.4 is 11.1 Å². The predicted octanol–water partition coefficient (Wildman–Crippen LogP) is 0.255. The molecule has 1 heterocycles. The van der Waals surface area contributed by atoms with Crippen molar-refractivity contribution in [2.45, 2.75) is 44.1 Å². The molecule has 108 valence electrons. The fourth-order valence-electron chi connectivity index (χ4n) is 2.90. The Labute approximate surface area is 112 Å². The third kappa shape index (κ3) is 2.90. The summed E-state index contributed by atoms with van der Waals surface area (Å²) in [5.41, 5.74) is 4.65. The molecule has 1 saturated carbocycles. The van der Waals surface area contributed by atoms with Crippen LogP contribution in [0.4, 0.5) is 0 Å². The molecule has 1 amide bonds. The van der Waals surface area contributed by atoms with Gasteiger partial charge in [-0.05, 0) is 32.1 Å². The number of amides is 1. The summed E-state index contributed by atoms with van der Waals surface area (Å²) in [6.07, 6.45) is 3.66. The molecule has 0 bridgehead atoms. The Kier molecular flexibility index (Phi) is 4.10. The van der Waals surface area contributed by atoms with Crippen molar-refractivity contribution >= 4 is 11.9 Å². The molecule has 2 aliphatic rings. The Morgan fingerprint density at radius 3 is 2.26 bits per heavy atom. The van der Waals surface area contributed by atoms with Gasteiger partial charge in [-0.3, -0.25) is 9.59 Å². The van der Waals surface area contributed by atoms with Crippen LogP contribution in [0.2, 0.25) is 0 Å². The molecular formula is C13H22N2O4. The summed E-state index contributed by atoms with van der Waals surface area (Å²) >= 11 is 0. The molecule has 2 fully saturated rings. The normalized spacial score (nSPS) is 24.3. The molecule has 0 aromatic rings. The number of carboxylic acid groups (broad SMARTS) is 1. The molecule has 1 aliphatic carbocycles. The van der Waals surface area contributed by atoms with Gasteiger partial charge in [0.25, 0.3) is 0 Å². The topological polar surface area (TPSA) is 102 Å². The molecule has 0 atom stereocenters. The lowest BCUT2D eigenvalue weighted by atomic mass is 9.72. The first kappa shape index (κ1) is 14.3. The van der Waals surface area contributed by atoms with Gasteiger partial charge in [0.2, 0.25) is 5.91 Å². The maximum atomic E-state index is 12.5. The number of carboxylic acids is 1. The third-order valence-corrected chi connectivity index (χ3v) is 4.50. The number of hydrogen-bond donors (Lipinski definition) is 3. The van der Waals surface area contributed by atoms with Crippen LogP contribution in [0, 0.1) is 5.41 Å². The zero-order valence-corrected chi connectivity index (χ0v) is 11.1. The van der Waals surface area contributed by atoms with Crippen molar-refractivity contribution in [2.75, 3.05) is 19.8 Å². The lowest BCUT2D eigenvalue weighted by Gasteiger charge is -2.45. The summed E-state index contributed by atoms with van der Waals surface area (Å²) in [4.78, 5) is 23.4. The molecule has 0 aromatic heterocycles. The zero-order chi connectivity index (χ0) is 13.9. The Morgan fingerprint density at radius 2 is 1.84 bits per heavy atom. The van der Waals surface area contributed by atoms with E-state index >= 15 is 0 Å². The Hall–Kier alpha value is -1.14. The van der Waals surface area contributed by atoms with Crippen molar-refractivity contribution in [1.82, 2.24) is 5.32 Å². The van der Waals surface area contributed by atoms with Crippen molar-refractivity contribution in [1.29, 1.82) is 0 Å². The van der Waals surface area contributed by atoms with Gasteiger partial charge in [0.1, 0.15) is 0 Å². The second kappa shape index (κ2) is 5.46. The monoisotopic (exact) mass is 270 g/mol. The number of aliphatic carboxylic acids is 1. The van der Waals surface area contributed by atoms with Crippen LogP contribution in [0.1, 0.15) is 38.5 Å². The van der Waals surface area contributed by atoms with Gasteiger partial charge in [-0.15, -0.1) is 0 Å². The van der Waals surface area contributed by atoms with Gasteiger partial charge in [-0.1, -0.05) is 0 Å². The molecule has 0 spiro atoms. The average molecular weight is 270 g/mol. The smallest absolute Gasteiger partial charge is 0.305 e. The van der Waals surface area contributed by atoms with E-state index in [0.29, 0.717) is 26.1 Å². The maximum Gasteiger partial charge on any atom is 0.305 e. The highest BCUT2D eigenvalue weighted by Gasteiger charge is 2.46. The summed E-state index contributed by atoms with van der Waals surface area (Å²) in [5, 5.41) is 11.9. The molecule has 0 unspecified atom stereocenters. The van der Waals surface area contributed by atoms with E-state index in [1.54, 1.807) is 0 Å². The summed E-state index contributed by atoms with van der Waals surface area (Å²) in [5.74, 6) is -0.965. The molecule has 6 nitrogen and oxygen atoms in total. The Bertz CT molecular complexity index is 360. The number of carbonyl (C=O) groups excluding carboxylic acids is 1. The summed E-state index contributed by atoms with van der Waals surface area (Å²) in [6.45, 7) is 1.36. The van der Waals surface area contributed by atoms with E-state index < -0.39 is 16.9 Å². The minimum atomic E-state index is -0.867. The lowest BCUT2D eigenvalue weighted by Crippen LogP contribution is -2.60. The first-order valence-electron chi connectivity index (χ1n) is 6.84. The number of nitrogens with one attached hydrogen (secondary N) is 1. The van der Waals surface area contributed by atoms with Gasteiger partial charge in [-0.2, -0.15) is 0 Å². The second-order valence-corrected chi connectivity index (χ2v) is 5.76. The number of nitrogens with two attached hydrogens (primary N) is 1. The van der Waals surface area contributed by atoms with Crippen LogP contribution in [0.25, 0.3) is 0 Å². The Morgan fingerprint density at radius 1 is 1.21 bits per heavy atom. The van der Waals surface area contributed by atoms with Gasteiger partial charge in [0.15, 0.2) is 0 Å². The molecule has 6 heteroatoms. The van der Waals surface area contributed by atoms with Gasteiger partial charge in [-0.25, -0.2) is 0 Å². The summed E-state index contributed by atoms with van der Waals surface area (Å²) in [6, 6.07) is 0. The van der Waals surface area contributed by atoms with E-state index in [-0.39, 0.29) is 18.9 Å². The van der Waals surface area contributed by atoms with Crippen LogP contribution in [-0.2, 0) is 14.3 Å². The van der Waals surface area contributed by atoms with Crippen molar-refractivity contribution in [3.63, 3.8) is 0 Å². The van der Waals surface area contributed by atoms with E-state index in [2.05, 4.69) is 5.32 Å². The van der Waals surface area contributed by atoms with E-state index in [1.165, 1.54) is 0 Å². The largest absolute Gasteiger partial charge is 0.481 e. The molecule has 2 rings (SSSR count). The highest BCUT2D eigenvalue weighted by Crippen LogP contribution is 2.37. The Balaban J connectivity index is 2.04.